The summed E-state index contributed by atoms with van der Waals surface area (Å²) in [6, 6.07) is 2.42. The first-order valence-corrected chi connectivity index (χ1v) is 7.63. The Kier molecular flexibility index (Phi) is 5.47. The molecule has 0 saturated heterocycles. The summed E-state index contributed by atoms with van der Waals surface area (Å²) in [6.45, 7) is 6.69. The van der Waals surface area contributed by atoms with Crippen LogP contribution in [0.1, 0.15) is 28.7 Å². The van der Waals surface area contributed by atoms with Gasteiger partial charge in [0.25, 0.3) is 0 Å². The molecule has 1 heterocycles. The highest BCUT2D eigenvalue weighted by Crippen LogP contribution is 2.15. The van der Waals surface area contributed by atoms with E-state index in [9.17, 15) is 4.79 Å². The van der Waals surface area contributed by atoms with Gasteiger partial charge in [0.2, 0.25) is 0 Å². The minimum absolute atomic E-state index is 0.214. The summed E-state index contributed by atoms with van der Waals surface area (Å²) in [4.78, 5) is 14.4. The summed E-state index contributed by atoms with van der Waals surface area (Å²) < 4.78 is 2.07. The van der Waals surface area contributed by atoms with E-state index in [1.165, 1.54) is 0 Å². The van der Waals surface area contributed by atoms with Gasteiger partial charge in [-0.3, -0.25) is 9.69 Å². The number of nitrogens with zero attached hydrogens (tertiary/aromatic N) is 2. The zero-order valence-corrected chi connectivity index (χ0v) is 13.1. The molecule has 102 valence electrons. The Hall–Kier alpha value is -0.740. The lowest BCUT2D eigenvalue weighted by molar-refractivity contribution is 0.0930. The molecular formula is C14H24N2OS. The highest BCUT2D eigenvalue weighted by Gasteiger charge is 2.18. The van der Waals surface area contributed by atoms with Gasteiger partial charge in [0.05, 0.1) is 6.54 Å². The van der Waals surface area contributed by atoms with Crippen LogP contribution in [0.25, 0.3) is 0 Å². The first-order valence-electron chi connectivity index (χ1n) is 6.23. The summed E-state index contributed by atoms with van der Waals surface area (Å²) in [7, 11) is 4.02. The zero-order chi connectivity index (χ0) is 13.9. The molecule has 18 heavy (non-hydrogen) atoms. The average molecular weight is 268 g/mol. The highest BCUT2D eigenvalue weighted by atomic mass is 32.2. The van der Waals surface area contributed by atoms with Crippen molar-refractivity contribution in [2.75, 3.05) is 25.6 Å². The standard InChI is InChI=1S/C14H24N2OS/c1-10-7-13(12(3)16(10)5)14(17)8-15(4)11(2)9-18-6/h7,11H,8-9H2,1-6H3. The van der Waals surface area contributed by atoms with Crippen LogP contribution in [0.15, 0.2) is 6.07 Å². The second kappa shape index (κ2) is 6.43. The Bertz CT molecular complexity index is 426. The predicted molar refractivity (Wildman–Crippen MR) is 79.7 cm³/mol. The van der Waals surface area contributed by atoms with E-state index < -0.39 is 0 Å². The van der Waals surface area contributed by atoms with Gasteiger partial charge < -0.3 is 4.57 Å². The minimum Gasteiger partial charge on any atom is -0.351 e. The lowest BCUT2D eigenvalue weighted by atomic mass is 10.1. The molecule has 0 N–H and O–H groups in total. The molecule has 0 bridgehead atoms. The molecule has 1 unspecified atom stereocenters. The smallest absolute Gasteiger partial charge is 0.178 e. The van der Waals surface area contributed by atoms with Crippen LogP contribution in [0.3, 0.4) is 0 Å². The van der Waals surface area contributed by atoms with E-state index in [1.54, 1.807) is 0 Å². The molecule has 1 aromatic heterocycles. The molecule has 0 aliphatic heterocycles. The van der Waals surface area contributed by atoms with Gasteiger partial charge in [0.1, 0.15) is 0 Å². The second-order valence-corrected chi connectivity index (χ2v) is 5.90. The normalized spacial score (nSPS) is 13.1. The van der Waals surface area contributed by atoms with Crippen molar-refractivity contribution in [3.63, 3.8) is 0 Å². The third-order valence-corrected chi connectivity index (χ3v) is 4.44. The van der Waals surface area contributed by atoms with Crippen molar-refractivity contribution in [1.29, 1.82) is 0 Å². The van der Waals surface area contributed by atoms with Crippen LogP contribution in [0.5, 0.6) is 0 Å². The number of aryl methyl sites for hydroxylation is 1. The predicted octanol–water partition coefficient (Wildman–Crippen LogP) is 2.51. The molecule has 0 aliphatic rings. The number of carbonyl (C=O) groups excluding carboxylic acids is 1. The summed E-state index contributed by atoms with van der Waals surface area (Å²) in [5.74, 6) is 1.27. The first-order chi connectivity index (χ1) is 8.38. The highest BCUT2D eigenvalue weighted by molar-refractivity contribution is 7.98. The van der Waals surface area contributed by atoms with E-state index in [-0.39, 0.29) is 5.78 Å². The van der Waals surface area contributed by atoms with E-state index >= 15 is 0 Å². The van der Waals surface area contributed by atoms with Gasteiger partial charge in [0, 0.05) is 35.8 Å². The average Bonchev–Trinajstić information content (AvgIpc) is 2.57. The van der Waals surface area contributed by atoms with Crippen molar-refractivity contribution >= 4 is 17.5 Å². The number of carbonyl (C=O) groups is 1. The van der Waals surface area contributed by atoms with Gasteiger partial charge in [-0.1, -0.05) is 0 Å². The van der Waals surface area contributed by atoms with Crippen LogP contribution in [0.4, 0.5) is 0 Å². The Morgan fingerprint density at radius 2 is 2.11 bits per heavy atom. The Balaban J connectivity index is 2.73. The van der Waals surface area contributed by atoms with Crippen molar-refractivity contribution in [1.82, 2.24) is 9.47 Å². The first kappa shape index (κ1) is 15.3. The third kappa shape index (κ3) is 3.39. The third-order valence-electron chi connectivity index (χ3n) is 3.63. The molecule has 0 fully saturated rings. The Morgan fingerprint density at radius 3 is 2.56 bits per heavy atom. The lowest BCUT2D eigenvalue weighted by Crippen LogP contribution is -2.35. The van der Waals surface area contributed by atoms with Gasteiger partial charge in [-0.05, 0) is 40.1 Å². The molecule has 0 saturated carbocycles. The SMILES string of the molecule is CSCC(C)N(C)CC(=O)c1cc(C)n(C)c1C. The van der Waals surface area contributed by atoms with Crippen LogP contribution in [-0.4, -0.2) is 46.9 Å². The van der Waals surface area contributed by atoms with E-state index in [0.717, 1.165) is 22.7 Å². The molecule has 1 rings (SSSR count). The van der Waals surface area contributed by atoms with E-state index in [2.05, 4.69) is 22.6 Å². The van der Waals surface area contributed by atoms with Crippen LogP contribution in [0.2, 0.25) is 0 Å². The molecule has 0 aliphatic carbocycles. The van der Waals surface area contributed by atoms with Crippen molar-refractivity contribution in [2.45, 2.75) is 26.8 Å². The quantitative estimate of drug-likeness (QED) is 0.741. The number of hydrogen-bond donors (Lipinski definition) is 0. The van der Waals surface area contributed by atoms with Crippen LogP contribution in [-0.2, 0) is 7.05 Å². The van der Waals surface area contributed by atoms with Crippen LogP contribution >= 0.6 is 11.8 Å². The minimum atomic E-state index is 0.214. The fourth-order valence-electron chi connectivity index (χ4n) is 1.97. The van der Waals surface area contributed by atoms with Gasteiger partial charge >= 0.3 is 0 Å². The summed E-state index contributed by atoms with van der Waals surface area (Å²) in [5.41, 5.74) is 3.05. The van der Waals surface area contributed by atoms with Crippen molar-refractivity contribution in [2.24, 2.45) is 7.05 Å². The summed E-state index contributed by atoms with van der Waals surface area (Å²) in [6.07, 6.45) is 2.09. The maximum absolute atomic E-state index is 12.3. The maximum atomic E-state index is 12.3. The number of rotatable bonds is 6. The topological polar surface area (TPSA) is 25.2 Å². The second-order valence-electron chi connectivity index (χ2n) is 4.99. The molecular weight excluding hydrogens is 244 g/mol. The zero-order valence-electron chi connectivity index (χ0n) is 12.3. The monoisotopic (exact) mass is 268 g/mol. The number of aromatic nitrogens is 1. The van der Waals surface area contributed by atoms with Crippen molar-refractivity contribution in [3.05, 3.63) is 23.0 Å². The van der Waals surface area contributed by atoms with Crippen molar-refractivity contribution in [3.8, 4) is 0 Å². The molecule has 3 nitrogen and oxygen atoms in total. The molecule has 0 amide bonds. The number of hydrogen-bond acceptors (Lipinski definition) is 3. The number of ketones is 1. The van der Waals surface area contributed by atoms with Crippen LogP contribution < -0.4 is 0 Å². The molecule has 0 aromatic carbocycles. The lowest BCUT2D eigenvalue weighted by Gasteiger charge is -2.23. The molecule has 0 radical (unpaired) electrons. The van der Waals surface area contributed by atoms with Crippen LogP contribution in [0, 0.1) is 13.8 Å². The maximum Gasteiger partial charge on any atom is 0.178 e. The summed E-state index contributed by atoms with van der Waals surface area (Å²) in [5, 5.41) is 0. The summed E-state index contributed by atoms with van der Waals surface area (Å²) >= 11 is 1.81. The fourth-order valence-corrected chi connectivity index (χ4v) is 2.71. The largest absolute Gasteiger partial charge is 0.351 e. The molecule has 4 heteroatoms. The van der Waals surface area contributed by atoms with Gasteiger partial charge in [-0.25, -0.2) is 0 Å². The van der Waals surface area contributed by atoms with E-state index in [0.29, 0.717) is 12.6 Å². The Morgan fingerprint density at radius 1 is 1.50 bits per heavy atom. The fraction of sp³-hybridized carbons (Fsp3) is 0.643. The number of Topliss-reactive ketones (excluding diaryl/α,β-unsaturated/α-hetero) is 1. The van der Waals surface area contributed by atoms with Gasteiger partial charge in [-0.2, -0.15) is 11.8 Å². The molecule has 0 spiro atoms. The number of thioether (sulfide) groups is 1. The Labute approximate surface area is 115 Å². The van der Waals surface area contributed by atoms with Gasteiger partial charge in [-0.15, -0.1) is 0 Å². The van der Waals surface area contributed by atoms with E-state index in [4.69, 9.17) is 0 Å². The van der Waals surface area contributed by atoms with E-state index in [1.807, 2.05) is 45.8 Å². The molecule has 1 atom stereocenters. The molecule has 1 aromatic rings. The van der Waals surface area contributed by atoms with Crippen molar-refractivity contribution < 1.29 is 4.79 Å². The van der Waals surface area contributed by atoms with Gasteiger partial charge in [0.15, 0.2) is 5.78 Å². The number of likely N-dealkylation sites (N-methyl/N-ethyl adjacent to an activating group) is 1.